The topological polar surface area (TPSA) is 162 Å². The Labute approximate surface area is 207 Å². The smallest absolute Gasteiger partial charge is 0.287 e. The van der Waals surface area contributed by atoms with Gasteiger partial charge >= 0.3 is 0 Å². The number of aromatic nitrogens is 3. The van der Waals surface area contributed by atoms with Crippen molar-refractivity contribution in [1.82, 2.24) is 19.9 Å². The third-order valence-electron chi connectivity index (χ3n) is 4.83. The summed E-state index contributed by atoms with van der Waals surface area (Å²) in [6.07, 6.45) is 3.22. The van der Waals surface area contributed by atoms with Gasteiger partial charge in [-0.15, -0.1) is 0 Å². The van der Waals surface area contributed by atoms with Crippen LogP contribution in [-0.2, 0) is 9.63 Å². The van der Waals surface area contributed by atoms with E-state index < -0.39 is 4.92 Å². The quantitative estimate of drug-likeness (QED) is 0.156. The molecule has 2 N–H and O–H groups in total. The first-order valence-electron chi connectivity index (χ1n) is 10.9. The number of anilines is 3. The molecule has 0 unspecified atom stereocenters. The highest BCUT2D eigenvalue weighted by atomic mass is 16.7. The van der Waals surface area contributed by atoms with Crippen molar-refractivity contribution in [3.8, 4) is 17.3 Å². The molecule has 0 fully saturated rings. The Hall–Kier alpha value is -4.67. The third kappa shape index (κ3) is 7.16. The van der Waals surface area contributed by atoms with Crippen LogP contribution >= 0.6 is 0 Å². The van der Waals surface area contributed by atoms with Crippen molar-refractivity contribution in [3.63, 3.8) is 0 Å². The minimum atomic E-state index is -0.510. The van der Waals surface area contributed by atoms with Crippen LogP contribution in [0.4, 0.5) is 23.1 Å². The highest BCUT2D eigenvalue weighted by Gasteiger charge is 2.17. The highest BCUT2D eigenvalue weighted by Crippen LogP contribution is 2.29. The van der Waals surface area contributed by atoms with Crippen molar-refractivity contribution in [2.45, 2.75) is 0 Å². The molecule has 1 amide bonds. The second kappa shape index (κ2) is 12.7. The fourth-order valence-corrected chi connectivity index (χ4v) is 2.98. The Bertz CT molecular complexity index is 1210. The van der Waals surface area contributed by atoms with Crippen LogP contribution in [0.25, 0.3) is 11.3 Å². The average Bonchev–Trinajstić information content (AvgIpc) is 2.89. The molecule has 0 saturated carbocycles. The van der Waals surface area contributed by atoms with Gasteiger partial charge in [0.25, 0.3) is 5.69 Å². The first-order valence-corrected chi connectivity index (χ1v) is 10.9. The van der Waals surface area contributed by atoms with E-state index in [9.17, 15) is 14.9 Å². The molecule has 13 nitrogen and oxygen atoms in total. The molecule has 0 atom stereocenters. The maximum atomic E-state index is 11.8. The van der Waals surface area contributed by atoms with Crippen molar-refractivity contribution < 1.29 is 14.6 Å². The number of likely N-dealkylation sites (N-methyl/N-ethyl adjacent to an activating group) is 1. The predicted octanol–water partition coefficient (Wildman–Crippen LogP) is 2.30. The van der Waals surface area contributed by atoms with E-state index >= 15 is 0 Å². The number of hydrogen-bond donors (Lipinski definition) is 2. The van der Waals surface area contributed by atoms with Gasteiger partial charge in [-0.1, -0.05) is 12.1 Å². The van der Waals surface area contributed by atoms with Gasteiger partial charge in [0.05, 0.1) is 29.4 Å². The van der Waals surface area contributed by atoms with Crippen LogP contribution in [-0.4, -0.2) is 71.5 Å². The summed E-state index contributed by atoms with van der Waals surface area (Å²) in [6.45, 7) is 1.74. The van der Waals surface area contributed by atoms with Gasteiger partial charge in [-0.3, -0.25) is 19.7 Å². The van der Waals surface area contributed by atoms with Crippen molar-refractivity contribution in [2.24, 2.45) is 0 Å². The van der Waals surface area contributed by atoms with E-state index in [2.05, 4.69) is 31.7 Å². The van der Waals surface area contributed by atoms with Gasteiger partial charge in [-0.25, -0.2) is 15.0 Å². The fraction of sp³-hybridized carbons (Fsp3) is 0.261. The number of nitrogens with zero attached hydrogens (tertiary/aromatic N) is 7. The average molecular weight is 492 g/mol. The van der Waals surface area contributed by atoms with Gasteiger partial charge < -0.3 is 15.5 Å². The van der Waals surface area contributed by atoms with Gasteiger partial charge in [0.15, 0.2) is 0 Å². The van der Waals surface area contributed by atoms with Gasteiger partial charge in [0.1, 0.15) is 23.4 Å². The first-order chi connectivity index (χ1) is 17.4. The Kier molecular flexibility index (Phi) is 9.15. The molecule has 0 aliphatic heterocycles. The van der Waals surface area contributed by atoms with Crippen molar-refractivity contribution in [2.75, 3.05) is 56.0 Å². The summed E-state index contributed by atoms with van der Waals surface area (Å²) >= 11 is 0. The van der Waals surface area contributed by atoms with Gasteiger partial charge in [-0.2, -0.15) is 10.3 Å². The lowest BCUT2D eigenvalue weighted by molar-refractivity contribution is -0.385. The van der Waals surface area contributed by atoms with Crippen molar-refractivity contribution in [1.29, 1.82) is 5.26 Å². The Balaban J connectivity index is 1.73. The maximum Gasteiger partial charge on any atom is 0.287 e. The van der Waals surface area contributed by atoms with E-state index in [1.165, 1.54) is 24.5 Å². The normalized spacial score (nSPS) is 10.5. The van der Waals surface area contributed by atoms with E-state index in [1.54, 1.807) is 24.3 Å². The number of carbonyl (C=O) groups excluding carboxylic acids is 1. The third-order valence-corrected chi connectivity index (χ3v) is 4.83. The SMILES string of the molecule is CN(C)CCON(C=O)c1cnc(NCCNc2ccc([N+](=O)[O-])cn2)nc1-c1ccc(C#N)cc1. The molecule has 2 aromatic heterocycles. The molecule has 3 rings (SSSR count). The van der Waals surface area contributed by atoms with E-state index in [0.29, 0.717) is 60.3 Å². The molecule has 0 saturated heterocycles. The lowest BCUT2D eigenvalue weighted by atomic mass is 10.1. The maximum absolute atomic E-state index is 11.8. The van der Waals surface area contributed by atoms with Crippen LogP contribution in [0, 0.1) is 21.4 Å². The van der Waals surface area contributed by atoms with Crippen LogP contribution in [0.5, 0.6) is 0 Å². The summed E-state index contributed by atoms with van der Waals surface area (Å²) in [4.78, 5) is 42.4. The lowest BCUT2D eigenvalue weighted by Gasteiger charge is -2.21. The van der Waals surface area contributed by atoms with E-state index in [-0.39, 0.29) is 12.3 Å². The van der Waals surface area contributed by atoms with E-state index in [1.807, 2.05) is 19.0 Å². The summed E-state index contributed by atoms with van der Waals surface area (Å²) in [5.41, 5.74) is 1.88. The first kappa shape index (κ1) is 25.9. The molecule has 3 aromatic rings. The van der Waals surface area contributed by atoms with Crippen molar-refractivity contribution >= 4 is 29.6 Å². The van der Waals surface area contributed by atoms with Crippen LogP contribution in [0.1, 0.15) is 5.56 Å². The molecule has 0 bridgehead atoms. The molecule has 2 heterocycles. The number of benzene rings is 1. The monoisotopic (exact) mass is 491 g/mol. The number of hydroxylamine groups is 1. The molecule has 1 aromatic carbocycles. The summed E-state index contributed by atoms with van der Waals surface area (Å²) in [5.74, 6) is 0.809. The van der Waals surface area contributed by atoms with Crippen LogP contribution in [0.2, 0.25) is 0 Å². The largest absolute Gasteiger partial charge is 0.368 e. The summed E-state index contributed by atoms with van der Waals surface area (Å²) < 4.78 is 0. The van der Waals surface area contributed by atoms with E-state index in [0.717, 1.165) is 5.06 Å². The Morgan fingerprint density at radius 3 is 2.47 bits per heavy atom. The predicted molar refractivity (Wildman–Crippen MR) is 133 cm³/mol. The molecule has 0 radical (unpaired) electrons. The van der Waals surface area contributed by atoms with Gasteiger partial charge in [-0.05, 0) is 32.3 Å². The number of rotatable bonds is 13. The number of amides is 1. The molecule has 0 aliphatic rings. The Morgan fingerprint density at radius 1 is 1.11 bits per heavy atom. The van der Waals surface area contributed by atoms with Crippen molar-refractivity contribution in [3.05, 3.63) is 64.5 Å². The summed E-state index contributed by atoms with van der Waals surface area (Å²) in [7, 11) is 3.79. The van der Waals surface area contributed by atoms with Crippen LogP contribution in [0.15, 0.2) is 48.8 Å². The number of nitrogens with one attached hydrogen (secondary N) is 2. The molecular formula is C23H25N9O4. The van der Waals surface area contributed by atoms with E-state index in [4.69, 9.17) is 10.1 Å². The summed E-state index contributed by atoms with van der Waals surface area (Å²) in [5, 5.41) is 27.1. The standard InChI is InChI=1S/C23H25N9O4/c1-30(2)11-12-36-31(16-33)20-15-28-23(29-22(20)18-5-3-17(13-24)4-6-18)26-10-9-25-21-8-7-19(14-27-21)32(34)35/h3-8,14-16H,9-12H2,1-2H3,(H,25,27)(H,26,28,29). The zero-order chi connectivity index (χ0) is 25.9. The lowest BCUT2D eigenvalue weighted by Crippen LogP contribution is -2.28. The highest BCUT2D eigenvalue weighted by molar-refractivity contribution is 5.83. The number of carbonyl (C=O) groups is 1. The molecular weight excluding hydrogens is 466 g/mol. The number of hydrogen-bond acceptors (Lipinski definition) is 11. The molecule has 0 spiro atoms. The molecule has 0 aliphatic carbocycles. The Morgan fingerprint density at radius 2 is 1.86 bits per heavy atom. The molecule has 36 heavy (non-hydrogen) atoms. The zero-order valence-electron chi connectivity index (χ0n) is 19.8. The minimum Gasteiger partial charge on any atom is -0.368 e. The van der Waals surface area contributed by atoms with Gasteiger partial charge in [0.2, 0.25) is 12.4 Å². The van der Waals surface area contributed by atoms with Crippen LogP contribution < -0.4 is 15.7 Å². The minimum absolute atomic E-state index is 0.0856. The summed E-state index contributed by atoms with van der Waals surface area (Å²) in [6, 6.07) is 11.8. The number of pyridine rings is 1. The second-order valence-electron chi connectivity index (χ2n) is 7.70. The zero-order valence-corrected chi connectivity index (χ0v) is 19.8. The fourth-order valence-electron chi connectivity index (χ4n) is 2.98. The number of nitro groups is 1. The van der Waals surface area contributed by atoms with Crippen LogP contribution in [0.3, 0.4) is 0 Å². The van der Waals surface area contributed by atoms with Gasteiger partial charge in [0, 0.05) is 31.3 Å². The molecule has 13 heteroatoms. The molecule has 186 valence electrons. The number of nitriles is 1. The second-order valence-corrected chi connectivity index (χ2v) is 7.70.